The van der Waals surface area contributed by atoms with Crippen molar-refractivity contribution in [3.05, 3.63) is 145 Å². The number of aromatic hydroxyl groups is 1. The van der Waals surface area contributed by atoms with E-state index in [4.69, 9.17) is 32.0 Å². The zero-order valence-electron chi connectivity index (χ0n) is 34.5. The molecule has 0 bridgehead atoms. The molecule has 5 N–H and O–H groups in total. The minimum absolute atomic E-state index is 0.0178. The average Bonchev–Trinajstić information content (AvgIpc) is 3.25. The number of nitrogens with one attached hydrogen (secondary N) is 2. The Bertz CT molecular complexity index is 3350. The van der Waals surface area contributed by atoms with Crippen LogP contribution in [0, 0.1) is 0 Å². The van der Waals surface area contributed by atoms with Crippen LogP contribution in [0.25, 0.3) is 66.8 Å². The summed E-state index contributed by atoms with van der Waals surface area (Å²) >= 11 is 13.7. The second-order valence-corrected chi connectivity index (χ2v) is 16.1. The Hall–Kier alpha value is -7.68. The number of hydrogen-bond donors (Lipinski definition) is 5. The third-order valence-electron chi connectivity index (χ3n) is 10.8. The van der Waals surface area contributed by atoms with Crippen molar-refractivity contribution < 1.29 is 43.3 Å². The van der Waals surface area contributed by atoms with Gasteiger partial charge in [0.15, 0.2) is 5.43 Å². The van der Waals surface area contributed by atoms with Crippen LogP contribution in [0.1, 0.15) is 36.6 Å². The molecule has 4 aromatic rings. The lowest BCUT2D eigenvalue weighted by atomic mass is 9.89. The van der Waals surface area contributed by atoms with Gasteiger partial charge in [-0.2, -0.15) is 0 Å². The van der Waals surface area contributed by atoms with Crippen LogP contribution in [0.15, 0.2) is 111 Å². The number of carboxylic acid groups (broad SMARTS) is 2. The Balaban J connectivity index is 1.11. The normalized spacial score (nSPS) is 11.3. The number of benzene rings is 6. The van der Waals surface area contributed by atoms with Crippen molar-refractivity contribution in [1.29, 1.82) is 0 Å². The smallest absolute Gasteiger partial charge is 0.337 e. The molecule has 4 aromatic carbocycles. The number of carboxylic acids is 2. The number of hydrogen-bond acceptors (Lipinski definition) is 9. The number of phenols is 1. The topological polar surface area (TPSA) is 203 Å². The van der Waals surface area contributed by atoms with Crippen molar-refractivity contribution in [3.8, 4) is 50.7 Å². The number of anilines is 1. The molecule has 0 atom stereocenters. The fraction of sp³-hybridized carbons (Fsp3) is 0.125. The number of carbonyl (C=O) groups excluding carboxylic acids is 2. The first-order chi connectivity index (χ1) is 30.5. The van der Waals surface area contributed by atoms with Crippen LogP contribution in [-0.2, 0) is 11.3 Å². The number of rotatable bonds is 10. The van der Waals surface area contributed by atoms with Crippen molar-refractivity contribution in [1.82, 2.24) is 15.2 Å². The lowest BCUT2D eigenvalue weighted by molar-refractivity contribution is -0.120. The van der Waals surface area contributed by atoms with E-state index in [9.17, 15) is 39.3 Å². The van der Waals surface area contributed by atoms with Crippen molar-refractivity contribution in [2.24, 2.45) is 0 Å². The van der Waals surface area contributed by atoms with Crippen LogP contribution in [-0.4, -0.2) is 73.8 Å². The van der Waals surface area contributed by atoms with E-state index >= 15 is 0 Å². The van der Waals surface area contributed by atoms with E-state index in [0.29, 0.717) is 49.9 Å². The molecule has 2 aliphatic carbocycles. The molecule has 2 amide bonds. The van der Waals surface area contributed by atoms with E-state index in [0.717, 1.165) is 17.1 Å². The van der Waals surface area contributed by atoms with Gasteiger partial charge in [-0.1, -0.05) is 29.3 Å². The second kappa shape index (κ2) is 16.9. The summed E-state index contributed by atoms with van der Waals surface area (Å²) in [4.78, 5) is 66.8. The van der Waals surface area contributed by atoms with Gasteiger partial charge in [0, 0.05) is 89.2 Å². The van der Waals surface area contributed by atoms with Crippen LogP contribution < -0.4 is 30.9 Å². The number of aromatic carboxylic acids is 2. The molecule has 64 heavy (non-hydrogen) atoms. The van der Waals surface area contributed by atoms with Gasteiger partial charge in [0.2, 0.25) is 11.3 Å². The maximum atomic E-state index is 13.9. The standard InChI is InChI=1S/C48H36Cl2N4O10/c1-53(2)24-6-11-31-36(16-24)63-37-17-25(54(3)4)7-12-32(37)42(31)44-43(48(61)62)35(49)20-34(45(44)50)46(58)52-22-40(57)51-21-23-5-10-28(47(59)60)33(15-23)41-29-13-8-26(55)18-38(29)64-39-19-27(56)9-14-30(39)41/h5-20H,21-22H2,1-4H3,(H4-,51,52,55,56,57,58,59,60,61,62)/p+1. The predicted molar refractivity (Wildman–Crippen MR) is 244 cm³/mol. The third-order valence-corrected chi connectivity index (χ3v) is 11.5. The first-order valence-corrected chi connectivity index (χ1v) is 20.3. The molecule has 8 rings (SSSR count). The molecule has 322 valence electrons. The van der Waals surface area contributed by atoms with Crippen molar-refractivity contribution in [3.63, 3.8) is 0 Å². The second-order valence-electron chi connectivity index (χ2n) is 15.4. The molecule has 0 fully saturated rings. The van der Waals surface area contributed by atoms with E-state index in [2.05, 4.69) is 10.6 Å². The summed E-state index contributed by atoms with van der Waals surface area (Å²) in [6.45, 7) is -0.620. The van der Waals surface area contributed by atoms with E-state index in [1.807, 2.05) is 61.9 Å². The third kappa shape index (κ3) is 7.96. The molecule has 16 heteroatoms. The highest BCUT2D eigenvalue weighted by molar-refractivity contribution is 6.41. The van der Waals surface area contributed by atoms with Crippen molar-refractivity contribution in [2.45, 2.75) is 6.54 Å². The minimum Gasteiger partial charge on any atom is -0.508 e. The monoisotopic (exact) mass is 899 g/mol. The molecule has 4 aliphatic rings. The summed E-state index contributed by atoms with van der Waals surface area (Å²) in [5.41, 5.74) is 3.02. The SMILES string of the molecule is CN(C)c1ccc2c(-c3c(Cl)c(C(=O)NCC(=O)NCc4ccc(C(=O)O)c(-c5c6ccc(=O)cc-6oc6cc(O)ccc56)c4)cc(Cl)c3C(=O)O)c3ccc(=[N+](C)C)cc-3oc2c1. The molecule has 2 heterocycles. The number of fused-ring (bicyclic) bond motifs is 4. The Kier molecular flexibility index (Phi) is 11.3. The summed E-state index contributed by atoms with van der Waals surface area (Å²) < 4.78 is 14.2. The summed E-state index contributed by atoms with van der Waals surface area (Å²) in [6.07, 6.45) is 0. The maximum absolute atomic E-state index is 13.9. The fourth-order valence-corrected chi connectivity index (χ4v) is 8.31. The highest BCUT2D eigenvalue weighted by Gasteiger charge is 2.30. The molecule has 0 unspecified atom stereocenters. The molecule has 0 spiro atoms. The van der Waals surface area contributed by atoms with Crippen LogP contribution in [0.3, 0.4) is 0 Å². The van der Waals surface area contributed by atoms with Gasteiger partial charge in [0.1, 0.15) is 42.5 Å². The molecule has 0 aromatic heterocycles. The van der Waals surface area contributed by atoms with Gasteiger partial charge in [-0.25, -0.2) is 14.2 Å². The summed E-state index contributed by atoms with van der Waals surface area (Å²) in [5, 5.41) is 37.5. The largest absolute Gasteiger partial charge is 0.508 e. The van der Waals surface area contributed by atoms with E-state index < -0.39 is 30.3 Å². The van der Waals surface area contributed by atoms with E-state index in [-0.39, 0.29) is 66.9 Å². The summed E-state index contributed by atoms with van der Waals surface area (Å²) in [7, 11) is 7.48. The van der Waals surface area contributed by atoms with E-state index in [1.165, 1.54) is 42.5 Å². The summed E-state index contributed by atoms with van der Waals surface area (Å²) in [5.74, 6) is -3.55. The number of carbonyl (C=O) groups is 4. The van der Waals surface area contributed by atoms with Gasteiger partial charge in [-0.05, 0) is 71.8 Å². The first kappa shape index (κ1) is 43.0. The Morgan fingerprint density at radius 1 is 0.688 bits per heavy atom. The maximum Gasteiger partial charge on any atom is 0.337 e. The molecular formula is C48H37Cl2N4O10+. The Labute approximate surface area is 373 Å². The number of nitrogens with zero attached hydrogens (tertiary/aromatic N) is 2. The predicted octanol–water partition coefficient (Wildman–Crippen LogP) is 7.64. The Morgan fingerprint density at radius 2 is 1.36 bits per heavy atom. The minimum atomic E-state index is -1.38. The zero-order chi connectivity index (χ0) is 45.7. The quantitative estimate of drug-likeness (QED) is 0.0667. The highest BCUT2D eigenvalue weighted by atomic mass is 35.5. The zero-order valence-corrected chi connectivity index (χ0v) is 36.0. The van der Waals surface area contributed by atoms with Gasteiger partial charge in [0.25, 0.3) is 5.91 Å². The molecule has 0 saturated heterocycles. The summed E-state index contributed by atoms with van der Waals surface area (Å²) in [6, 6.07) is 25.0. The lowest BCUT2D eigenvalue weighted by Gasteiger charge is -2.21. The average molecular weight is 901 g/mol. The highest BCUT2D eigenvalue weighted by Crippen LogP contribution is 2.47. The van der Waals surface area contributed by atoms with Crippen LogP contribution >= 0.6 is 23.2 Å². The van der Waals surface area contributed by atoms with Crippen LogP contribution in [0.2, 0.25) is 10.0 Å². The van der Waals surface area contributed by atoms with Crippen LogP contribution in [0.5, 0.6) is 5.75 Å². The molecule has 0 saturated carbocycles. The molecule has 0 radical (unpaired) electrons. The number of halogens is 2. The van der Waals surface area contributed by atoms with Gasteiger partial charge < -0.3 is 39.7 Å². The van der Waals surface area contributed by atoms with Crippen LogP contribution in [0.4, 0.5) is 5.69 Å². The fourth-order valence-electron chi connectivity index (χ4n) is 7.69. The van der Waals surface area contributed by atoms with Gasteiger partial charge in [-0.3, -0.25) is 14.4 Å². The van der Waals surface area contributed by atoms with Crippen molar-refractivity contribution in [2.75, 3.05) is 39.6 Å². The van der Waals surface area contributed by atoms with Gasteiger partial charge in [-0.15, -0.1) is 0 Å². The Morgan fingerprint density at radius 3 is 2.06 bits per heavy atom. The van der Waals surface area contributed by atoms with Gasteiger partial charge >= 0.3 is 11.9 Å². The first-order valence-electron chi connectivity index (χ1n) is 19.6. The van der Waals surface area contributed by atoms with Crippen molar-refractivity contribution >= 4 is 74.6 Å². The molecular weight excluding hydrogens is 863 g/mol. The van der Waals surface area contributed by atoms with Gasteiger partial charge in [0.05, 0.1) is 39.3 Å². The lowest BCUT2D eigenvalue weighted by Crippen LogP contribution is -2.36. The molecule has 14 nitrogen and oxygen atoms in total. The number of phenolic OH excluding ortho intramolecular Hbond substituents is 1. The van der Waals surface area contributed by atoms with E-state index in [1.54, 1.807) is 24.3 Å². The number of amides is 2. The molecule has 2 aliphatic heterocycles.